The highest BCUT2D eigenvalue weighted by Crippen LogP contribution is 2.14. The molecule has 0 fully saturated rings. The fourth-order valence-corrected chi connectivity index (χ4v) is 0.977. The fourth-order valence-electron chi connectivity index (χ4n) is 0.977. The van der Waals surface area contributed by atoms with Gasteiger partial charge in [0.15, 0.2) is 0 Å². The van der Waals surface area contributed by atoms with E-state index in [2.05, 4.69) is 6.58 Å². The number of esters is 2. The second-order valence-electron chi connectivity index (χ2n) is 4.25. The van der Waals surface area contributed by atoms with Crippen LogP contribution in [0.15, 0.2) is 12.2 Å². The Hall–Kier alpha value is -1.32. The summed E-state index contributed by atoms with van der Waals surface area (Å²) in [5, 5.41) is 0. The van der Waals surface area contributed by atoms with Gasteiger partial charge in [-0.1, -0.05) is 19.1 Å². The first kappa shape index (κ1) is 14.7. The lowest BCUT2D eigenvalue weighted by Gasteiger charge is -2.22. The zero-order valence-corrected chi connectivity index (χ0v) is 10.5. The molecule has 0 aliphatic rings. The van der Waals surface area contributed by atoms with Gasteiger partial charge in [-0.15, -0.1) is 0 Å². The number of ether oxygens (including phenoxy) is 2. The average Bonchev–Trinajstić information content (AvgIpc) is 2.11. The molecule has 0 spiro atoms. The quantitative estimate of drug-likeness (QED) is 0.516. The Bertz CT molecular complexity index is 279. The van der Waals surface area contributed by atoms with E-state index in [0.29, 0.717) is 12.2 Å². The van der Waals surface area contributed by atoms with Crippen LogP contribution in [0, 0.1) is 0 Å². The second-order valence-corrected chi connectivity index (χ2v) is 4.25. The third-order valence-electron chi connectivity index (χ3n) is 1.74. The molecule has 0 aliphatic carbocycles. The summed E-state index contributed by atoms with van der Waals surface area (Å²) in [5.74, 6) is -0.990. The van der Waals surface area contributed by atoms with Crippen LogP contribution in [-0.2, 0) is 19.1 Å². The van der Waals surface area contributed by atoms with Crippen molar-refractivity contribution in [2.75, 3.05) is 6.61 Å². The van der Waals surface area contributed by atoms with Gasteiger partial charge in [0.05, 0.1) is 13.0 Å². The Balaban J connectivity index is 4.26. The van der Waals surface area contributed by atoms with Crippen molar-refractivity contribution in [3.05, 3.63) is 12.2 Å². The Labute approximate surface area is 96.6 Å². The van der Waals surface area contributed by atoms with Crippen molar-refractivity contribution < 1.29 is 19.1 Å². The molecule has 4 nitrogen and oxygen atoms in total. The first-order valence-electron chi connectivity index (χ1n) is 5.33. The second kappa shape index (κ2) is 6.30. The topological polar surface area (TPSA) is 52.6 Å². The van der Waals surface area contributed by atoms with Crippen molar-refractivity contribution in [2.45, 2.75) is 46.1 Å². The maximum Gasteiger partial charge on any atom is 0.350 e. The van der Waals surface area contributed by atoms with Gasteiger partial charge in [-0.2, -0.15) is 0 Å². The zero-order chi connectivity index (χ0) is 12.8. The summed E-state index contributed by atoms with van der Waals surface area (Å²) >= 11 is 0. The minimum Gasteiger partial charge on any atom is -0.463 e. The van der Waals surface area contributed by atoms with Crippen LogP contribution in [0.25, 0.3) is 0 Å². The highest BCUT2D eigenvalue weighted by molar-refractivity contribution is 5.83. The van der Waals surface area contributed by atoms with E-state index in [4.69, 9.17) is 9.47 Å². The zero-order valence-electron chi connectivity index (χ0n) is 10.5. The summed E-state index contributed by atoms with van der Waals surface area (Å²) in [5.41, 5.74) is -0.537. The monoisotopic (exact) mass is 228 g/mol. The fraction of sp³-hybridized carbons (Fsp3) is 0.667. The predicted octanol–water partition coefficient (Wildman–Crippen LogP) is 2.23. The third kappa shape index (κ3) is 5.53. The molecule has 0 aromatic rings. The van der Waals surface area contributed by atoms with Gasteiger partial charge in [0.2, 0.25) is 5.60 Å². The minimum absolute atomic E-state index is 0.116. The summed E-state index contributed by atoms with van der Waals surface area (Å²) in [6.07, 6.45) is 0.853. The average molecular weight is 228 g/mol. The summed E-state index contributed by atoms with van der Waals surface area (Å²) < 4.78 is 9.96. The SMILES string of the molecule is C=C(C)CC(=O)OC(C)(C)C(=O)OCCC. The van der Waals surface area contributed by atoms with Crippen molar-refractivity contribution in [3.8, 4) is 0 Å². The number of hydrogen-bond donors (Lipinski definition) is 0. The molecule has 0 atom stereocenters. The van der Waals surface area contributed by atoms with Crippen molar-refractivity contribution >= 4 is 11.9 Å². The largest absolute Gasteiger partial charge is 0.463 e. The van der Waals surface area contributed by atoms with Gasteiger partial charge in [0, 0.05) is 0 Å². The Morgan fingerprint density at radius 3 is 2.31 bits per heavy atom. The predicted molar refractivity (Wildman–Crippen MR) is 60.9 cm³/mol. The van der Waals surface area contributed by atoms with Crippen molar-refractivity contribution in [1.82, 2.24) is 0 Å². The van der Waals surface area contributed by atoms with E-state index in [1.165, 1.54) is 13.8 Å². The normalized spacial score (nSPS) is 10.8. The van der Waals surface area contributed by atoms with E-state index in [-0.39, 0.29) is 6.42 Å². The lowest BCUT2D eigenvalue weighted by atomic mass is 10.1. The molecule has 4 heteroatoms. The third-order valence-corrected chi connectivity index (χ3v) is 1.74. The number of hydrogen-bond acceptors (Lipinski definition) is 4. The lowest BCUT2D eigenvalue weighted by Crippen LogP contribution is -2.38. The molecule has 92 valence electrons. The highest BCUT2D eigenvalue weighted by atomic mass is 16.6. The van der Waals surface area contributed by atoms with E-state index in [1.54, 1.807) is 6.92 Å². The van der Waals surface area contributed by atoms with Gasteiger partial charge < -0.3 is 9.47 Å². The Morgan fingerprint density at radius 1 is 1.31 bits per heavy atom. The summed E-state index contributed by atoms with van der Waals surface area (Å²) in [6, 6.07) is 0. The van der Waals surface area contributed by atoms with Crippen molar-refractivity contribution in [1.29, 1.82) is 0 Å². The van der Waals surface area contributed by atoms with Gasteiger partial charge in [-0.3, -0.25) is 4.79 Å². The van der Waals surface area contributed by atoms with E-state index in [0.717, 1.165) is 6.42 Å². The van der Waals surface area contributed by atoms with E-state index in [1.807, 2.05) is 6.92 Å². The highest BCUT2D eigenvalue weighted by Gasteiger charge is 2.33. The molecular weight excluding hydrogens is 208 g/mol. The molecule has 0 saturated heterocycles. The van der Waals surface area contributed by atoms with E-state index in [9.17, 15) is 9.59 Å². The summed E-state index contributed by atoms with van der Waals surface area (Å²) in [7, 11) is 0. The number of carbonyl (C=O) groups excluding carboxylic acids is 2. The van der Waals surface area contributed by atoms with Crippen LogP contribution < -0.4 is 0 Å². The Kier molecular flexibility index (Phi) is 5.78. The number of rotatable bonds is 6. The van der Waals surface area contributed by atoms with E-state index < -0.39 is 17.5 Å². The van der Waals surface area contributed by atoms with Gasteiger partial charge in [-0.05, 0) is 27.2 Å². The number of carbonyl (C=O) groups is 2. The molecule has 0 rings (SSSR count). The first-order chi connectivity index (χ1) is 7.29. The van der Waals surface area contributed by atoms with Crippen LogP contribution in [0.5, 0.6) is 0 Å². The molecule has 0 aromatic heterocycles. The molecule has 0 N–H and O–H groups in total. The van der Waals surface area contributed by atoms with Crippen LogP contribution in [0.4, 0.5) is 0 Å². The van der Waals surface area contributed by atoms with E-state index >= 15 is 0 Å². The molecular formula is C12H20O4. The first-order valence-corrected chi connectivity index (χ1v) is 5.33. The van der Waals surface area contributed by atoms with Gasteiger partial charge >= 0.3 is 11.9 Å². The maximum absolute atomic E-state index is 11.5. The standard InChI is InChI=1S/C12H20O4/c1-6-7-15-11(14)12(4,5)16-10(13)8-9(2)3/h2,6-8H2,1,3-5H3. The maximum atomic E-state index is 11.5. The molecule has 16 heavy (non-hydrogen) atoms. The van der Waals surface area contributed by atoms with Crippen LogP contribution in [0.1, 0.15) is 40.5 Å². The van der Waals surface area contributed by atoms with Gasteiger partial charge in [0.25, 0.3) is 0 Å². The molecule has 0 saturated carbocycles. The molecule has 0 amide bonds. The molecule has 0 unspecified atom stereocenters. The van der Waals surface area contributed by atoms with Crippen molar-refractivity contribution in [3.63, 3.8) is 0 Å². The van der Waals surface area contributed by atoms with Crippen LogP contribution in [-0.4, -0.2) is 24.1 Å². The minimum atomic E-state index is -1.23. The summed E-state index contributed by atoms with van der Waals surface area (Å²) in [6.45, 7) is 10.6. The molecule has 0 radical (unpaired) electrons. The van der Waals surface area contributed by atoms with Crippen LogP contribution in [0.2, 0.25) is 0 Å². The van der Waals surface area contributed by atoms with Crippen molar-refractivity contribution in [2.24, 2.45) is 0 Å². The lowest BCUT2D eigenvalue weighted by molar-refractivity contribution is -0.178. The molecule has 0 aromatic carbocycles. The molecule has 0 aliphatic heterocycles. The molecule has 0 heterocycles. The Morgan fingerprint density at radius 2 is 1.88 bits per heavy atom. The van der Waals surface area contributed by atoms with Gasteiger partial charge in [-0.25, -0.2) is 4.79 Å². The smallest absolute Gasteiger partial charge is 0.350 e. The van der Waals surface area contributed by atoms with Crippen LogP contribution >= 0.6 is 0 Å². The molecule has 0 bridgehead atoms. The summed E-state index contributed by atoms with van der Waals surface area (Å²) in [4.78, 5) is 22.9. The van der Waals surface area contributed by atoms with Gasteiger partial charge in [0.1, 0.15) is 0 Å². The van der Waals surface area contributed by atoms with Crippen LogP contribution in [0.3, 0.4) is 0 Å².